The summed E-state index contributed by atoms with van der Waals surface area (Å²) in [6.45, 7) is 1.79. The van der Waals surface area contributed by atoms with Crippen LogP contribution in [0, 0.1) is 10.1 Å². The Labute approximate surface area is 124 Å². The van der Waals surface area contributed by atoms with E-state index in [4.69, 9.17) is 0 Å². The van der Waals surface area contributed by atoms with Gasteiger partial charge in [-0.3, -0.25) is 19.8 Å². The van der Waals surface area contributed by atoms with E-state index in [0.29, 0.717) is 11.5 Å². The number of hydrogen-bond acceptors (Lipinski definition) is 6. The molecule has 2 aromatic heterocycles. The van der Waals surface area contributed by atoms with E-state index < -0.39 is 4.92 Å². The van der Waals surface area contributed by atoms with Crippen molar-refractivity contribution in [2.75, 3.05) is 4.90 Å². The number of rotatable bonds is 2. The highest BCUT2D eigenvalue weighted by Gasteiger charge is 2.33. The van der Waals surface area contributed by atoms with Gasteiger partial charge in [0, 0.05) is 12.3 Å². The zero-order chi connectivity index (χ0) is 15.0. The minimum atomic E-state index is -0.525. The fourth-order valence-electron chi connectivity index (χ4n) is 2.02. The van der Waals surface area contributed by atoms with Gasteiger partial charge in [0.15, 0.2) is 0 Å². The van der Waals surface area contributed by atoms with Gasteiger partial charge in [-0.2, -0.15) is 0 Å². The van der Waals surface area contributed by atoms with Crippen molar-refractivity contribution in [3.63, 3.8) is 0 Å². The van der Waals surface area contributed by atoms with Gasteiger partial charge in [-0.15, -0.1) is 0 Å². The van der Waals surface area contributed by atoms with Crippen LogP contribution in [0.4, 0.5) is 17.2 Å². The SMILES string of the molecule is C[C@H]1Sc2ncccc2N(c2ccc([N+](=O)[O-])cn2)C1=O. The van der Waals surface area contributed by atoms with Crippen LogP contribution in [0.3, 0.4) is 0 Å². The van der Waals surface area contributed by atoms with Gasteiger partial charge in [0.05, 0.1) is 15.9 Å². The summed E-state index contributed by atoms with van der Waals surface area (Å²) in [6.07, 6.45) is 2.81. The molecule has 0 bridgehead atoms. The Morgan fingerprint density at radius 2 is 2.14 bits per heavy atom. The van der Waals surface area contributed by atoms with E-state index >= 15 is 0 Å². The molecule has 0 fully saturated rings. The zero-order valence-electron chi connectivity index (χ0n) is 11.0. The molecule has 1 atom stereocenters. The number of carbonyl (C=O) groups excluding carboxylic acids is 1. The average molecular weight is 302 g/mol. The molecule has 0 N–H and O–H groups in total. The van der Waals surface area contributed by atoms with E-state index in [1.165, 1.54) is 28.8 Å². The third-order valence-electron chi connectivity index (χ3n) is 3.02. The predicted octanol–water partition coefficient (Wildman–Crippen LogP) is 2.54. The van der Waals surface area contributed by atoms with Crippen molar-refractivity contribution in [3.05, 3.63) is 46.8 Å². The van der Waals surface area contributed by atoms with Crippen LogP contribution in [-0.4, -0.2) is 26.0 Å². The van der Waals surface area contributed by atoms with Gasteiger partial charge < -0.3 is 0 Å². The summed E-state index contributed by atoms with van der Waals surface area (Å²) < 4.78 is 0. The summed E-state index contributed by atoms with van der Waals surface area (Å²) in [5.41, 5.74) is 0.531. The number of nitrogens with zero attached hydrogens (tertiary/aromatic N) is 4. The van der Waals surface area contributed by atoms with E-state index in [1.807, 2.05) is 0 Å². The second-order valence-corrected chi connectivity index (χ2v) is 5.72. The lowest BCUT2D eigenvalue weighted by molar-refractivity contribution is -0.385. The number of nitro groups is 1. The third-order valence-corrected chi connectivity index (χ3v) is 4.11. The summed E-state index contributed by atoms with van der Waals surface area (Å²) in [5.74, 6) is 0.230. The maximum Gasteiger partial charge on any atom is 0.287 e. The van der Waals surface area contributed by atoms with Crippen molar-refractivity contribution < 1.29 is 9.72 Å². The van der Waals surface area contributed by atoms with Crippen molar-refractivity contribution in [1.29, 1.82) is 0 Å². The van der Waals surface area contributed by atoms with Crippen molar-refractivity contribution >= 4 is 34.9 Å². The van der Waals surface area contributed by atoms with Crippen molar-refractivity contribution in [1.82, 2.24) is 9.97 Å². The van der Waals surface area contributed by atoms with E-state index in [9.17, 15) is 14.9 Å². The van der Waals surface area contributed by atoms with Gasteiger partial charge in [0.25, 0.3) is 5.69 Å². The minimum absolute atomic E-state index is 0.114. The van der Waals surface area contributed by atoms with Crippen molar-refractivity contribution in [2.45, 2.75) is 17.2 Å². The fourth-order valence-corrected chi connectivity index (χ4v) is 2.96. The molecule has 7 nitrogen and oxygen atoms in total. The minimum Gasteiger partial charge on any atom is -0.273 e. The second kappa shape index (κ2) is 5.13. The standard InChI is InChI=1S/C13H10N4O3S/c1-8-13(18)16(10-3-2-6-14-12(10)21-8)11-5-4-9(7-15-11)17(19)20/h2-8H,1H3/t8-/m1/s1. The predicted molar refractivity (Wildman–Crippen MR) is 77.6 cm³/mol. The lowest BCUT2D eigenvalue weighted by Gasteiger charge is -2.30. The summed E-state index contributed by atoms with van der Waals surface area (Å²) in [4.78, 5) is 32.3. The van der Waals surface area contributed by atoms with Crippen LogP contribution in [0.2, 0.25) is 0 Å². The topological polar surface area (TPSA) is 89.2 Å². The van der Waals surface area contributed by atoms with Crippen molar-refractivity contribution in [3.8, 4) is 0 Å². The summed E-state index contributed by atoms with van der Waals surface area (Å²) in [6, 6.07) is 6.32. The Balaban J connectivity index is 2.07. The van der Waals surface area contributed by atoms with Crippen LogP contribution in [-0.2, 0) is 4.79 Å². The molecule has 21 heavy (non-hydrogen) atoms. The highest BCUT2D eigenvalue weighted by Crippen LogP contribution is 2.40. The smallest absolute Gasteiger partial charge is 0.273 e. The molecule has 0 saturated carbocycles. The number of hydrogen-bond donors (Lipinski definition) is 0. The van der Waals surface area contributed by atoms with Crippen LogP contribution >= 0.6 is 11.8 Å². The molecule has 3 heterocycles. The molecule has 0 radical (unpaired) electrons. The van der Waals surface area contributed by atoms with Crippen molar-refractivity contribution in [2.24, 2.45) is 0 Å². The van der Waals surface area contributed by atoms with Crippen LogP contribution in [0.5, 0.6) is 0 Å². The largest absolute Gasteiger partial charge is 0.287 e. The summed E-state index contributed by atoms with van der Waals surface area (Å²) in [7, 11) is 0. The molecule has 3 rings (SSSR count). The quantitative estimate of drug-likeness (QED) is 0.625. The molecule has 0 spiro atoms. The molecule has 0 aromatic carbocycles. The second-order valence-electron chi connectivity index (χ2n) is 4.39. The van der Waals surface area contributed by atoms with Gasteiger partial charge in [-0.25, -0.2) is 9.97 Å². The van der Waals surface area contributed by atoms with Gasteiger partial charge in [0.2, 0.25) is 5.91 Å². The molecule has 1 aliphatic rings. The maximum atomic E-state index is 12.4. The average Bonchev–Trinajstić information content (AvgIpc) is 2.49. The molecule has 1 amide bonds. The van der Waals surface area contributed by atoms with Crippen LogP contribution in [0.15, 0.2) is 41.7 Å². The number of pyridine rings is 2. The molecule has 2 aromatic rings. The van der Waals surface area contributed by atoms with E-state index in [2.05, 4.69) is 9.97 Å². The lowest BCUT2D eigenvalue weighted by Crippen LogP contribution is -2.36. The molecule has 106 valence electrons. The first kappa shape index (κ1) is 13.5. The van der Waals surface area contributed by atoms with E-state index in [0.717, 1.165) is 11.2 Å². The number of carbonyl (C=O) groups is 1. The van der Waals surface area contributed by atoms with Gasteiger partial charge in [-0.1, -0.05) is 11.8 Å². The molecular weight excluding hydrogens is 292 g/mol. The maximum absolute atomic E-state index is 12.4. The number of amides is 1. The third kappa shape index (κ3) is 2.33. The summed E-state index contributed by atoms with van der Waals surface area (Å²) in [5, 5.41) is 11.1. The molecule has 8 heteroatoms. The fraction of sp³-hybridized carbons (Fsp3) is 0.154. The Bertz CT molecular complexity index is 720. The number of aromatic nitrogens is 2. The highest BCUT2D eigenvalue weighted by atomic mass is 32.2. The number of anilines is 2. The van der Waals surface area contributed by atoms with Gasteiger partial charge in [-0.05, 0) is 25.1 Å². The highest BCUT2D eigenvalue weighted by molar-refractivity contribution is 8.00. The Morgan fingerprint density at radius 1 is 1.33 bits per heavy atom. The summed E-state index contributed by atoms with van der Waals surface area (Å²) >= 11 is 1.39. The van der Waals surface area contributed by atoms with E-state index in [1.54, 1.807) is 25.3 Å². The molecule has 0 aliphatic carbocycles. The molecule has 0 saturated heterocycles. The molecular formula is C13H10N4O3S. The van der Waals surface area contributed by atoms with Crippen LogP contribution in [0.1, 0.15) is 6.92 Å². The zero-order valence-corrected chi connectivity index (χ0v) is 11.8. The van der Waals surface area contributed by atoms with Gasteiger partial charge >= 0.3 is 0 Å². The Kier molecular flexibility index (Phi) is 3.30. The number of thioether (sulfide) groups is 1. The normalized spacial score (nSPS) is 17.5. The first-order valence-electron chi connectivity index (χ1n) is 6.14. The Morgan fingerprint density at radius 3 is 2.81 bits per heavy atom. The van der Waals surface area contributed by atoms with Gasteiger partial charge in [0.1, 0.15) is 17.0 Å². The molecule has 0 unspecified atom stereocenters. The monoisotopic (exact) mass is 302 g/mol. The first-order chi connectivity index (χ1) is 10.1. The Hall–Kier alpha value is -2.48. The first-order valence-corrected chi connectivity index (χ1v) is 7.02. The lowest BCUT2D eigenvalue weighted by atomic mass is 10.3. The number of fused-ring (bicyclic) bond motifs is 1. The van der Waals surface area contributed by atoms with E-state index in [-0.39, 0.29) is 16.8 Å². The van der Waals surface area contributed by atoms with Crippen LogP contribution < -0.4 is 4.90 Å². The van der Waals surface area contributed by atoms with Crippen LogP contribution in [0.25, 0.3) is 0 Å². The molecule has 1 aliphatic heterocycles.